The molecule has 0 radical (unpaired) electrons. The maximum atomic E-state index is 12.4. The third kappa shape index (κ3) is 3.34. The molecule has 1 atom stereocenters. The van der Waals surface area contributed by atoms with Crippen LogP contribution in [0.4, 0.5) is 4.79 Å². The van der Waals surface area contributed by atoms with Crippen LogP contribution < -0.4 is 4.72 Å². The molecule has 0 saturated heterocycles. The van der Waals surface area contributed by atoms with E-state index >= 15 is 0 Å². The predicted molar refractivity (Wildman–Crippen MR) is 94.0 cm³/mol. The van der Waals surface area contributed by atoms with Gasteiger partial charge in [-0.1, -0.05) is 42.5 Å². The number of hydrogen-bond acceptors (Lipinski definition) is 4. The molecule has 0 aliphatic carbocycles. The second-order valence-corrected chi connectivity index (χ2v) is 7.65. The fourth-order valence-electron chi connectivity index (χ4n) is 2.44. The minimum atomic E-state index is -4.00. The molecule has 6 nitrogen and oxygen atoms in total. The molecule has 0 bridgehead atoms. The molecule has 2 amide bonds. The SMILES string of the molecule is O=C(NS(=O)(=O)c1ccccc1Br)N1N=CCC1c1ccccc1. The van der Waals surface area contributed by atoms with E-state index in [0.717, 1.165) is 10.6 Å². The molecule has 1 aliphatic rings. The minimum Gasteiger partial charge on any atom is -0.245 e. The normalized spacial score (nSPS) is 17.0. The first-order valence-corrected chi connectivity index (χ1v) is 9.44. The third-order valence-electron chi connectivity index (χ3n) is 3.57. The maximum absolute atomic E-state index is 12.4. The number of sulfonamides is 1. The van der Waals surface area contributed by atoms with Gasteiger partial charge in [0.2, 0.25) is 0 Å². The first-order chi connectivity index (χ1) is 11.5. The van der Waals surface area contributed by atoms with Gasteiger partial charge in [-0.2, -0.15) is 5.10 Å². The first-order valence-electron chi connectivity index (χ1n) is 7.17. The van der Waals surface area contributed by atoms with Crippen molar-refractivity contribution in [2.75, 3.05) is 0 Å². The van der Waals surface area contributed by atoms with Crippen LogP contribution in [0.15, 0.2) is 69.1 Å². The van der Waals surface area contributed by atoms with Crippen LogP contribution in [0, 0.1) is 0 Å². The molecule has 1 unspecified atom stereocenters. The number of hydrogen-bond donors (Lipinski definition) is 1. The van der Waals surface area contributed by atoms with E-state index in [-0.39, 0.29) is 10.9 Å². The van der Waals surface area contributed by atoms with Crippen molar-refractivity contribution >= 4 is 38.2 Å². The quantitative estimate of drug-likeness (QED) is 0.847. The zero-order chi connectivity index (χ0) is 17.2. The van der Waals surface area contributed by atoms with Crippen molar-refractivity contribution in [2.24, 2.45) is 5.10 Å². The van der Waals surface area contributed by atoms with Crippen molar-refractivity contribution in [3.8, 4) is 0 Å². The van der Waals surface area contributed by atoms with Crippen molar-refractivity contribution < 1.29 is 13.2 Å². The number of halogens is 1. The van der Waals surface area contributed by atoms with Crippen LogP contribution in [-0.4, -0.2) is 25.7 Å². The topological polar surface area (TPSA) is 78.8 Å². The highest BCUT2D eigenvalue weighted by atomic mass is 79.9. The Balaban J connectivity index is 1.82. The molecule has 2 aromatic rings. The van der Waals surface area contributed by atoms with Gasteiger partial charge in [-0.15, -0.1) is 0 Å². The molecule has 0 aromatic heterocycles. The molecule has 24 heavy (non-hydrogen) atoms. The Hall–Kier alpha value is -2.19. The fourth-order valence-corrected chi connectivity index (χ4v) is 4.38. The van der Waals surface area contributed by atoms with Gasteiger partial charge in [-0.25, -0.2) is 22.9 Å². The van der Waals surface area contributed by atoms with Gasteiger partial charge < -0.3 is 0 Å². The molecule has 1 N–H and O–H groups in total. The fraction of sp³-hybridized carbons (Fsp3) is 0.125. The van der Waals surface area contributed by atoms with Gasteiger partial charge >= 0.3 is 6.03 Å². The number of nitrogens with one attached hydrogen (secondary N) is 1. The number of carbonyl (C=O) groups is 1. The summed E-state index contributed by atoms with van der Waals surface area (Å²) in [6.45, 7) is 0. The number of benzene rings is 2. The Labute approximate surface area is 148 Å². The van der Waals surface area contributed by atoms with Crippen molar-refractivity contribution in [2.45, 2.75) is 17.4 Å². The molecule has 0 spiro atoms. The van der Waals surface area contributed by atoms with Gasteiger partial charge in [0.15, 0.2) is 0 Å². The van der Waals surface area contributed by atoms with Crippen molar-refractivity contribution in [3.05, 3.63) is 64.6 Å². The zero-order valence-corrected chi connectivity index (χ0v) is 14.9. The molecular formula is C16H14BrN3O3S. The van der Waals surface area contributed by atoms with E-state index < -0.39 is 16.1 Å². The number of hydrazone groups is 1. The number of urea groups is 1. The summed E-state index contributed by atoms with van der Waals surface area (Å²) in [5.41, 5.74) is 0.892. The second-order valence-electron chi connectivity index (χ2n) is 5.15. The van der Waals surface area contributed by atoms with Gasteiger partial charge in [-0.05, 0) is 33.6 Å². The molecule has 2 aromatic carbocycles. The molecule has 1 aliphatic heterocycles. The highest BCUT2D eigenvalue weighted by Crippen LogP contribution is 2.28. The van der Waals surface area contributed by atoms with E-state index in [1.54, 1.807) is 24.4 Å². The van der Waals surface area contributed by atoms with Gasteiger partial charge in [0, 0.05) is 17.1 Å². The van der Waals surface area contributed by atoms with E-state index in [2.05, 4.69) is 25.8 Å². The summed E-state index contributed by atoms with van der Waals surface area (Å²) in [5, 5.41) is 5.17. The van der Waals surface area contributed by atoms with E-state index in [0.29, 0.717) is 10.9 Å². The average Bonchev–Trinajstić information content (AvgIpc) is 3.05. The largest absolute Gasteiger partial charge is 0.352 e. The van der Waals surface area contributed by atoms with Crippen molar-refractivity contribution in [3.63, 3.8) is 0 Å². The molecule has 124 valence electrons. The molecule has 0 saturated carbocycles. The lowest BCUT2D eigenvalue weighted by atomic mass is 10.1. The van der Waals surface area contributed by atoms with Crippen LogP contribution in [-0.2, 0) is 10.0 Å². The standard InChI is InChI=1S/C16H14BrN3O3S/c17-13-8-4-5-9-15(13)24(22,23)19-16(21)20-14(10-11-18-20)12-6-2-1-3-7-12/h1-9,11,14H,10H2,(H,19,21). The number of amides is 2. The summed E-state index contributed by atoms with van der Waals surface area (Å²) in [7, 11) is -4.00. The lowest BCUT2D eigenvalue weighted by Crippen LogP contribution is -2.40. The van der Waals surface area contributed by atoms with Crippen LogP contribution in [0.25, 0.3) is 0 Å². The van der Waals surface area contributed by atoms with E-state index in [1.165, 1.54) is 6.07 Å². The average molecular weight is 408 g/mol. The highest BCUT2D eigenvalue weighted by Gasteiger charge is 2.31. The molecule has 3 rings (SSSR count). The molecule has 8 heteroatoms. The van der Waals surface area contributed by atoms with Crippen LogP contribution in [0.3, 0.4) is 0 Å². The highest BCUT2D eigenvalue weighted by molar-refractivity contribution is 9.10. The Morgan fingerprint density at radius 2 is 1.79 bits per heavy atom. The monoisotopic (exact) mass is 407 g/mol. The summed E-state index contributed by atoms with van der Waals surface area (Å²) in [6.07, 6.45) is 2.13. The van der Waals surface area contributed by atoms with Crippen LogP contribution >= 0.6 is 15.9 Å². The lowest BCUT2D eigenvalue weighted by molar-refractivity contribution is 0.192. The summed E-state index contributed by atoms with van der Waals surface area (Å²) in [4.78, 5) is 12.4. The van der Waals surface area contributed by atoms with Crippen LogP contribution in [0.2, 0.25) is 0 Å². The molecule has 0 fully saturated rings. The Bertz CT molecular complexity index is 884. The van der Waals surface area contributed by atoms with E-state index in [4.69, 9.17) is 0 Å². The maximum Gasteiger partial charge on any atom is 0.352 e. The summed E-state index contributed by atoms with van der Waals surface area (Å²) in [6, 6.07) is 14.6. The lowest BCUT2D eigenvalue weighted by Gasteiger charge is -2.22. The smallest absolute Gasteiger partial charge is 0.245 e. The van der Waals surface area contributed by atoms with Gasteiger partial charge in [0.05, 0.1) is 6.04 Å². The minimum absolute atomic E-state index is 0.00205. The Morgan fingerprint density at radius 3 is 2.50 bits per heavy atom. The zero-order valence-electron chi connectivity index (χ0n) is 12.5. The summed E-state index contributed by atoms with van der Waals surface area (Å²) >= 11 is 3.18. The van der Waals surface area contributed by atoms with Crippen LogP contribution in [0.5, 0.6) is 0 Å². The Kier molecular flexibility index (Phi) is 4.68. The number of carbonyl (C=O) groups excluding carboxylic acids is 1. The van der Waals surface area contributed by atoms with Gasteiger partial charge in [0.1, 0.15) is 4.90 Å². The number of rotatable bonds is 3. The van der Waals surface area contributed by atoms with Gasteiger partial charge in [0.25, 0.3) is 10.0 Å². The second kappa shape index (κ2) is 6.74. The van der Waals surface area contributed by atoms with Crippen molar-refractivity contribution in [1.82, 2.24) is 9.73 Å². The Morgan fingerprint density at radius 1 is 1.12 bits per heavy atom. The first kappa shape index (κ1) is 16.7. The predicted octanol–water partition coefficient (Wildman–Crippen LogP) is 3.28. The van der Waals surface area contributed by atoms with Crippen LogP contribution in [0.1, 0.15) is 18.0 Å². The number of nitrogens with zero attached hydrogens (tertiary/aromatic N) is 2. The van der Waals surface area contributed by atoms with E-state index in [1.807, 2.05) is 30.3 Å². The third-order valence-corrected chi connectivity index (χ3v) is 5.90. The van der Waals surface area contributed by atoms with Gasteiger partial charge in [-0.3, -0.25) is 0 Å². The van der Waals surface area contributed by atoms with E-state index in [9.17, 15) is 13.2 Å². The molecule has 1 heterocycles. The molecular weight excluding hydrogens is 394 g/mol. The summed E-state index contributed by atoms with van der Waals surface area (Å²) < 4.78 is 27.3. The summed E-state index contributed by atoms with van der Waals surface area (Å²) in [5.74, 6) is 0. The van der Waals surface area contributed by atoms with Crippen molar-refractivity contribution in [1.29, 1.82) is 0 Å².